The monoisotopic (exact) mass is 284 g/mol. The predicted octanol–water partition coefficient (Wildman–Crippen LogP) is 1.48. The fourth-order valence-corrected chi connectivity index (χ4v) is 2.18. The van der Waals surface area contributed by atoms with E-state index in [-0.39, 0.29) is 11.7 Å². The molecule has 1 amide bonds. The van der Waals surface area contributed by atoms with E-state index in [4.69, 9.17) is 10.5 Å². The molecule has 4 N–H and O–H groups in total. The molecule has 1 heterocycles. The smallest absolute Gasteiger partial charge is 0.265 e. The molecule has 1 aromatic rings. The molecule has 0 saturated heterocycles. The molecule has 106 valence electrons. The van der Waals surface area contributed by atoms with E-state index in [1.54, 1.807) is 6.08 Å². The first-order valence-corrected chi connectivity index (χ1v) is 6.97. The van der Waals surface area contributed by atoms with Gasteiger partial charge in [-0.3, -0.25) is 4.79 Å². The number of nitrogen functional groups attached to an aromatic ring is 1. The van der Waals surface area contributed by atoms with Crippen LogP contribution in [0.1, 0.15) is 23.0 Å². The molecule has 0 aliphatic carbocycles. The van der Waals surface area contributed by atoms with Crippen LogP contribution in [0.15, 0.2) is 12.7 Å². The summed E-state index contributed by atoms with van der Waals surface area (Å²) >= 11 is 1.25. The maximum Gasteiger partial charge on any atom is 0.265 e. The Morgan fingerprint density at radius 2 is 2.37 bits per heavy atom. The first-order valence-electron chi connectivity index (χ1n) is 6.16. The standard InChI is InChI=1S/C12H20N4O2S/c1-3-5-7-18-8-6-15-11(17)9-10(13)16-12(19-9)14-4-2/h3H,1,4-8,13H2,2H3,(H,14,16)(H,15,17). The summed E-state index contributed by atoms with van der Waals surface area (Å²) in [7, 11) is 0. The predicted molar refractivity (Wildman–Crippen MR) is 78.7 cm³/mol. The maximum atomic E-state index is 11.9. The van der Waals surface area contributed by atoms with E-state index in [1.807, 2.05) is 6.92 Å². The molecule has 0 aromatic carbocycles. The van der Waals surface area contributed by atoms with Gasteiger partial charge in [-0.1, -0.05) is 17.4 Å². The number of carbonyl (C=O) groups is 1. The number of nitrogens with two attached hydrogens (primary N) is 1. The summed E-state index contributed by atoms with van der Waals surface area (Å²) < 4.78 is 5.29. The number of hydrogen-bond donors (Lipinski definition) is 3. The van der Waals surface area contributed by atoms with Crippen LogP contribution in [0.25, 0.3) is 0 Å². The lowest BCUT2D eigenvalue weighted by Crippen LogP contribution is -2.27. The topological polar surface area (TPSA) is 89.3 Å². The van der Waals surface area contributed by atoms with E-state index in [0.717, 1.165) is 13.0 Å². The van der Waals surface area contributed by atoms with E-state index in [2.05, 4.69) is 22.2 Å². The average Bonchev–Trinajstić information content (AvgIpc) is 2.75. The minimum atomic E-state index is -0.216. The first-order chi connectivity index (χ1) is 9.19. The molecule has 0 radical (unpaired) electrons. The first kappa shape index (κ1) is 15.5. The lowest BCUT2D eigenvalue weighted by Gasteiger charge is -2.04. The Morgan fingerprint density at radius 1 is 1.58 bits per heavy atom. The van der Waals surface area contributed by atoms with Gasteiger partial charge in [0.1, 0.15) is 10.7 Å². The van der Waals surface area contributed by atoms with E-state index >= 15 is 0 Å². The number of carbonyl (C=O) groups excluding carboxylic acids is 1. The number of nitrogens with zero attached hydrogens (tertiary/aromatic N) is 1. The minimum absolute atomic E-state index is 0.216. The van der Waals surface area contributed by atoms with Gasteiger partial charge in [0.2, 0.25) is 0 Å². The number of ether oxygens (including phenoxy) is 1. The van der Waals surface area contributed by atoms with E-state index in [1.165, 1.54) is 11.3 Å². The van der Waals surface area contributed by atoms with Crippen molar-refractivity contribution in [2.24, 2.45) is 0 Å². The zero-order valence-corrected chi connectivity index (χ0v) is 11.9. The van der Waals surface area contributed by atoms with E-state index in [0.29, 0.717) is 29.8 Å². The van der Waals surface area contributed by atoms with Gasteiger partial charge in [0, 0.05) is 13.1 Å². The number of thiazole rings is 1. The Morgan fingerprint density at radius 3 is 3.05 bits per heavy atom. The molecule has 0 aliphatic heterocycles. The van der Waals surface area contributed by atoms with E-state index < -0.39 is 0 Å². The van der Waals surface area contributed by atoms with Gasteiger partial charge >= 0.3 is 0 Å². The summed E-state index contributed by atoms with van der Waals surface area (Å²) in [4.78, 5) is 16.4. The summed E-state index contributed by atoms with van der Waals surface area (Å²) in [6.07, 6.45) is 2.60. The summed E-state index contributed by atoms with van der Waals surface area (Å²) in [5.74, 6) is 0.0394. The Balaban J connectivity index is 2.34. The second-order valence-electron chi connectivity index (χ2n) is 3.71. The van der Waals surface area contributed by atoms with Crippen LogP contribution >= 0.6 is 11.3 Å². The lowest BCUT2D eigenvalue weighted by molar-refractivity contribution is 0.0922. The second-order valence-corrected chi connectivity index (χ2v) is 4.71. The molecular formula is C12H20N4O2S. The largest absolute Gasteiger partial charge is 0.382 e. The summed E-state index contributed by atoms with van der Waals surface area (Å²) in [6, 6.07) is 0. The van der Waals surface area contributed by atoms with Gasteiger partial charge in [0.05, 0.1) is 13.2 Å². The molecule has 0 saturated carbocycles. The number of anilines is 2. The molecule has 0 spiro atoms. The lowest BCUT2D eigenvalue weighted by atomic mass is 10.4. The third kappa shape index (κ3) is 5.27. The van der Waals surface area contributed by atoms with Crippen molar-refractivity contribution in [2.75, 3.05) is 37.4 Å². The Labute approximate surface area is 117 Å². The molecule has 6 nitrogen and oxygen atoms in total. The molecule has 0 bridgehead atoms. The highest BCUT2D eigenvalue weighted by atomic mass is 32.1. The summed E-state index contributed by atoms with van der Waals surface area (Å²) in [5, 5.41) is 6.43. The van der Waals surface area contributed by atoms with Crippen LogP contribution in [0, 0.1) is 0 Å². The number of rotatable bonds is 9. The molecule has 0 fully saturated rings. The van der Waals surface area contributed by atoms with Crippen molar-refractivity contribution >= 4 is 28.2 Å². The molecule has 19 heavy (non-hydrogen) atoms. The molecular weight excluding hydrogens is 264 g/mol. The van der Waals surface area contributed by atoms with Crippen molar-refractivity contribution in [3.63, 3.8) is 0 Å². The Hall–Kier alpha value is -1.60. The fourth-order valence-electron chi connectivity index (χ4n) is 1.31. The third-order valence-corrected chi connectivity index (χ3v) is 3.21. The average molecular weight is 284 g/mol. The minimum Gasteiger partial charge on any atom is -0.382 e. The molecule has 0 aliphatic rings. The highest BCUT2D eigenvalue weighted by molar-refractivity contribution is 7.18. The summed E-state index contributed by atoms with van der Waals surface area (Å²) in [5.41, 5.74) is 5.70. The number of nitrogens with one attached hydrogen (secondary N) is 2. The van der Waals surface area contributed by atoms with Crippen LogP contribution in [0.2, 0.25) is 0 Å². The van der Waals surface area contributed by atoms with Crippen molar-refractivity contribution in [2.45, 2.75) is 13.3 Å². The van der Waals surface area contributed by atoms with Crippen molar-refractivity contribution in [3.8, 4) is 0 Å². The van der Waals surface area contributed by atoms with Gasteiger partial charge in [-0.2, -0.15) is 0 Å². The quantitative estimate of drug-likeness (QED) is 0.472. The van der Waals surface area contributed by atoms with Crippen LogP contribution in [0.5, 0.6) is 0 Å². The van der Waals surface area contributed by atoms with Gasteiger partial charge in [-0.25, -0.2) is 4.98 Å². The highest BCUT2D eigenvalue weighted by Gasteiger charge is 2.15. The molecule has 1 aromatic heterocycles. The van der Waals surface area contributed by atoms with Crippen molar-refractivity contribution in [1.82, 2.24) is 10.3 Å². The number of amides is 1. The van der Waals surface area contributed by atoms with Crippen LogP contribution in [0.3, 0.4) is 0 Å². The Kier molecular flexibility index (Phi) is 6.91. The van der Waals surface area contributed by atoms with Gasteiger partial charge in [-0.15, -0.1) is 6.58 Å². The van der Waals surface area contributed by atoms with Crippen LogP contribution in [0.4, 0.5) is 10.9 Å². The number of hydrogen-bond acceptors (Lipinski definition) is 6. The number of aromatic nitrogens is 1. The van der Waals surface area contributed by atoms with Gasteiger partial charge in [0.15, 0.2) is 5.13 Å². The van der Waals surface area contributed by atoms with Gasteiger partial charge in [-0.05, 0) is 13.3 Å². The second kappa shape index (κ2) is 8.49. The highest BCUT2D eigenvalue weighted by Crippen LogP contribution is 2.24. The van der Waals surface area contributed by atoms with Gasteiger partial charge < -0.3 is 21.1 Å². The molecule has 7 heteroatoms. The summed E-state index contributed by atoms with van der Waals surface area (Å²) in [6.45, 7) is 7.83. The third-order valence-electron chi connectivity index (χ3n) is 2.19. The maximum absolute atomic E-state index is 11.9. The fraction of sp³-hybridized carbons (Fsp3) is 0.500. The van der Waals surface area contributed by atoms with Crippen LogP contribution in [-0.4, -0.2) is 37.2 Å². The Bertz CT molecular complexity index is 420. The van der Waals surface area contributed by atoms with E-state index in [9.17, 15) is 4.79 Å². The molecule has 0 unspecified atom stereocenters. The normalized spacial score (nSPS) is 10.2. The van der Waals surface area contributed by atoms with Gasteiger partial charge in [0.25, 0.3) is 5.91 Å². The van der Waals surface area contributed by atoms with Crippen LogP contribution < -0.4 is 16.4 Å². The zero-order chi connectivity index (χ0) is 14.1. The van der Waals surface area contributed by atoms with Crippen molar-refractivity contribution in [3.05, 3.63) is 17.5 Å². The van der Waals surface area contributed by atoms with Crippen molar-refractivity contribution < 1.29 is 9.53 Å². The SMILES string of the molecule is C=CCCOCCNC(=O)c1sc(NCC)nc1N. The zero-order valence-electron chi connectivity index (χ0n) is 11.1. The van der Waals surface area contributed by atoms with Crippen molar-refractivity contribution in [1.29, 1.82) is 0 Å². The molecule has 1 rings (SSSR count). The molecule has 0 atom stereocenters. The van der Waals surface area contributed by atoms with Crippen LogP contribution in [-0.2, 0) is 4.74 Å².